The highest BCUT2D eigenvalue weighted by Gasteiger charge is 2.35. The lowest BCUT2D eigenvalue weighted by Crippen LogP contribution is -2.26. The van der Waals surface area contributed by atoms with Gasteiger partial charge in [0, 0.05) is 17.0 Å². The van der Waals surface area contributed by atoms with Crippen LogP contribution in [-0.2, 0) is 10.0 Å². The van der Waals surface area contributed by atoms with E-state index >= 15 is 0 Å². The van der Waals surface area contributed by atoms with Gasteiger partial charge < -0.3 is 4.42 Å². The van der Waals surface area contributed by atoms with Gasteiger partial charge in [-0.1, -0.05) is 18.2 Å². The van der Waals surface area contributed by atoms with E-state index in [-0.39, 0.29) is 17.7 Å². The maximum Gasteiger partial charge on any atom is 0.310 e. The lowest BCUT2D eigenvalue weighted by atomic mass is 10.0. The van der Waals surface area contributed by atoms with Crippen LogP contribution in [0.1, 0.15) is 33.5 Å². The number of hydrazone groups is 1. The lowest BCUT2D eigenvalue weighted by molar-refractivity contribution is 0.0681. The Morgan fingerprint density at radius 3 is 2.61 bits per heavy atom. The maximum atomic E-state index is 12.9. The van der Waals surface area contributed by atoms with Gasteiger partial charge in [0.05, 0.1) is 24.3 Å². The molecular weight excluding hydrogens is 398 g/mol. The van der Waals surface area contributed by atoms with Crippen LogP contribution in [-0.4, -0.2) is 31.3 Å². The molecule has 0 saturated heterocycles. The molecule has 3 heterocycles. The third-order valence-electron chi connectivity index (χ3n) is 4.24. The van der Waals surface area contributed by atoms with Crippen LogP contribution in [0, 0.1) is 0 Å². The van der Waals surface area contributed by atoms with Gasteiger partial charge in [-0.2, -0.15) is 5.10 Å². The fourth-order valence-electron chi connectivity index (χ4n) is 3.03. The third-order valence-corrected chi connectivity index (χ3v) is 5.82. The molecule has 1 aliphatic heterocycles. The molecule has 1 N–H and O–H groups in total. The number of sulfonamides is 1. The van der Waals surface area contributed by atoms with Crippen LogP contribution in [0.4, 0.5) is 5.69 Å². The summed E-state index contributed by atoms with van der Waals surface area (Å²) < 4.78 is 30.4. The summed E-state index contributed by atoms with van der Waals surface area (Å²) in [5, 5.41) is 7.99. The minimum Gasteiger partial charge on any atom is -0.459 e. The van der Waals surface area contributed by atoms with Crippen LogP contribution in [0.2, 0.25) is 0 Å². The molecule has 7 nitrogen and oxygen atoms in total. The molecule has 0 unspecified atom stereocenters. The first-order valence-corrected chi connectivity index (χ1v) is 11.2. The number of rotatable bonds is 5. The summed E-state index contributed by atoms with van der Waals surface area (Å²) in [6.07, 6.45) is 3.12. The van der Waals surface area contributed by atoms with Crippen LogP contribution < -0.4 is 4.72 Å². The number of furan rings is 1. The zero-order valence-corrected chi connectivity index (χ0v) is 16.5. The molecule has 1 atom stereocenters. The smallest absolute Gasteiger partial charge is 0.310 e. The van der Waals surface area contributed by atoms with Crippen molar-refractivity contribution in [3.8, 4) is 0 Å². The highest BCUT2D eigenvalue weighted by atomic mass is 32.2. The molecule has 0 saturated carbocycles. The van der Waals surface area contributed by atoms with E-state index in [9.17, 15) is 13.2 Å². The van der Waals surface area contributed by atoms with Crippen LogP contribution in [0.25, 0.3) is 0 Å². The SMILES string of the molecule is CS(=O)(=O)Nc1ccc(C2=NN(C(=O)c3ccco3)[C@@H](c3cccs3)C2)cc1. The zero-order valence-electron chi connectivity index (χ0n) is 14.9. The topological polar surface area (TPSA) is 92.0 Å². The van der Waals surface area contributed by atoms with Gasteiger partial charge in [-0.05, 0) is 41.3 Å². The van der Waals surface area contributed by atoms with Crippen molar-refractivity contribution in [2.45, 2.75) is 12.5 Å². The van der Waals surface area contributed by atoms with Gasteiger partial charge in [0.1, 0.15) is 0 Å². The minimum atomic E-state index is -3.33. The summed E-state index contributed by atoms with van der Waals surface area (Å²) in [6, 6.07) is 13.9. The van der Waals surface area contributed by atoms with Crippen molar-refractivity contribution >= 4 is 38.7 Å². The molecule has 0 spiro atoms. The molecule has 0 aliphatic carbocycles. The normalized spacial score (nSPS) is 16.8. The van der Waals surface area contributed by atoms with E-state index in [2.05, 4.69) is 9.82 Å². The van der Waals surface area contributed by atoms with E-state index in [4.69, 9.17) is 4.42 Å². The van der Waals surface area contributed by atoms with Crippen LogP contribution in [0.3, 0.4) is 0 Å². The fourth-order valence-corrected chi connectivity index (χ4v) is 4.41. The van der Waals surface area contributed by atoms with Gasteiger partial charge in [0.15, 0.2) is 5.76 Å². The van der Waals surface area contributed by atoms with Crippen molar-refractivity contribution in [3.05, 3.63) is 76.4 Å². The number of thiophene rings is 1. The standard InChI is InChI=1S/C19H17N3O4S2/c1-28(24,25)21-14-8-6-13(7-9-14)15-12-16(18-5-3-11-27-18)22(20-15)19(23)17-4-2-10-26-17/h2-11,16,21H,12H2,1H3/t16-/m1/s1. The highest BCUT2D eigenvalue weighted by molar-refractivity contribution is 7.92. The van der Waals surface area contributed by atoms with E-state index in [0.29, 0.717) is 12.1 Å². The monoisotopic (exact) mass is 415 g/mol. The summed E-state index contributed by atoms with van der Waals surface area (Å²) in [7, 11) is -3.33. The zero-order chi connectivity index (χ0) is 19.7. The van der Waals surface area contributed by atoms with Gasteiger partial charge >= 0.3 is 5.91 Å². The Morgan fingerprint density at radius 2 is 2.00 bits per heavy atom. The second kappa shape index (κ2) is 7.25. The molecule has 0 bridgehead atoms. The number of hydrogen-bond donors (Lipinski definition) is 1. The van der Waals surface area contributed by atoms with Gasteiger partial charge in [-0.25, -0.2) is 13.4 Å². The fraction of sp³-hybridized carbons (Fsp3) is 0.158. The summed E-state index contributed by atoms with van der Waals surface area (Å²) in [6.45, 7) is 0. The van der Waals surface area contributed by atoms with E-state index in [0.717, 1.165) is 22.4 Å². The van der Waals surface area contributed by atoms with Crippen LogP contribution in [0.5, 0.6) is 0 Å². The molecule has 3 aromatic rings. The van der Waals surface area contributed by atoms with Crippen LogP contribution >= 0.6 is 11.3 Å². The first kappa shape index (κ1) is 18.5. The average Bonchev–Trinajstić information content (AvgIpc) is 3.40. The molecule has 9 heteroatoms. The molecule has 4 rings (SSSR count). The predicted octanol–water partition coefficient (Wildman–Crippen LogP) is 3.70. The number of carbonyl (C=O) groups is 1. The van der Waals surface area contributed by atoms with Crippen molar-refractivity contribution in [2.24, 2.45) is 5.10 Å². The second-order valence-corrected chi connectivity index (χ2v) is 9.09. The second-order valence-electron chi connectivity index (χ2n) is 6.36. The molecule has 28 heavy (non-hydrogen) atoms. The average molecular weight is 415 g/mol. The Labute approximate surface area is 166 Å². The summed E-state index contributed by atoms with van der Waals surface area (Å²) in [5.74, 6) is -0.0620. The van der Waals surface area contributed by atoms with Gasteiger partial charge in [-0.15, -0.1) is 11.3 Å². The van der Waals surface area contributed by atoms with Gasteiger partial charge in [0.25, 0.3) is 0 Å². The largest absolute Gasteiger partial charge is 0.459 e. The quantitative estimate of drug-likeness (QED) is 0.688. The minimum absolute atomic E-state index is 0.207. The number of nitrogens with zero attached hydrogens (tertiary/aromatic N) is 2. The molecular formula is C19H17N3O4S2. The molecule has 144 valence electrons. The molecule has 1 aromatic carbocycles. The van der Waals surface area contributed by atoms with Gasteiger partial charge in [-0.3, -0.25) is 9.52 Å². The van der Waals surface area contributed by atoms with Crippen LogP contribution in [0.15, 0.2) is 69.7 Å². The number of hydrogen-bond acceptors (Lipinski definition) is 6. The van der Waals surface area contributed by atoms with Crippen molar-refractivity contribution in [2.75, 3.05) is 11.0 Å². The van der Waals surface area contributed by atoms with Crippen molar-refractivity contribution in [1.29, 1.82) is 0 Å². The molecule has 0 fully saturated rings. The number of benzene rings is 1. The van der Waals surface area contributed by atoms with E-state index in [1.165, 1.54) is 11.3 Å². The molecule has 2 aromatic heterocycles. The predicted molar refractivity (Wildman–Crippen MR) is 108 cm³/mol. The Morgan fingerprint density at radius 1 is 1.21 bits per heavy atom. The Kier molecular flexibility index (Phi) is 4.78. The lowest BCUT2D eigenvalue weighted by Gasteiger charge is -2.19. The number of anilines is 1. The number of amides is 1. The number of nitrogens with one attached hydrogen (secondary N) is 1. The summed E-state index contributed by atoms with van der Waals surface area (Å²) in [5.41, 5.74) is 2.06. The van der Waals surface area contributed by atoms with Crippen molar-refractivity contribution in [1.82, 2.24) is 5.01 Å². The first-order valence-electron chi connectivity index (χ1n) is 8.47. The summed E-state index contributed by atoms with van der Waals surface area (Å²) >= 11 is 1.57. The Balaban J connectivity index is 1.64. The van der Waals surface area contributed by atoms with Crippen molar-refractivity contribution < 1.29 is 17.6 Å². The third kappa shape index (κ3) is 3.85. The Hall–Kier alpha value is -2.91. The van der Waals surface area contributed by atoms with E-state index < -0.39 is 10.0 Å². The number of carbonyl (C=O) groups excluding carboxylic acids is 1. The molecule has 0 radical (unpaired) electrons. The first-order chi connectivity index (χ1) is 13.4. The van der Waals surface area contributed by atoms with Crippen molar-refractivity contribution in [3.63, 3.8) is 0 Å². The molecule has 1 amide bonds. The van der Waals surface area contributed by atoms with Gasteiger partial charge in [0.2, 0.25) is 10.0 Å². The highest BCUT2D eigenvalue weighted by Crippen LogP contribution is 2.36. The maximum absolute atomic E-state index is 12.9. The van der Waals surface area contributed by atoms with E-state index in [1.54, 1.807) is 47.7 Å². The Bertz CT molecular complexity index is 1100. The summed E-state index contributed by atoms with van der Waals surface area (Å²) in [4.78, 5) is 13.9. The molecule has 1 aliphatic rings. The van der Waals surface area contributed by atoms with E-state index in [1.807, 2.05) is 17.5 Å².